The summed E-state index contributed by atoms with van der Waals surface area (Å²) in [6.07, 6.45) is 6.84. The Hall–Kier alpha value is -3.67. The highest BCUT2D eigenvalue weighted by Gasteiger charge is 2.28. The lowest BCUT2D eigenvalue weighted by Crippen LogP contribution is -2.35. The maximum absolute atomic E-state index is 14.1. The summed E-state index contributed by atoms with van der Waals surface area (Å²) < 4.78 is 2.16. The summed E-state index contributed by atoms with van der Waals surface area (Å²) in [5.74, 6) is 0.853. The van der Waals surface area contributed by atoms with E-state index in [0.717, 1.165) is 78.1 Å². The molecule has 1 aliphatic heterocycles. The van der Waals surface area contributed by atoms with Gasteiger partial charge in [0, 0.05) is 56.5 Å². The van der Waals surface area contributed by atoms with Gasteiger partial charge in [-0.05, 0) is 43.0 Å². The van der Waals surface area contributed by atoms with Gasteiger partial charge in [-0.3, -0.25) is 4.79 Å². The molecule has 0 unspecified atom stereocenters. The molecule has 5 rings (SSSR count). The van der Waals surface area contributed by atoms with Crippen LogP contribution < -0.4 is 4.90 Å². The molecule has 0 bridgehead atoms. The number of fused-ring (bicyclic) bond motifs is 1. The summed E-state index contributed by atoms with van der Waals surface area (Å²) in [5, 5.41) is 1.02. The summed E-state index contributed by atoms with van der Waals surface area (Å²) in [5.41, 5.74) is 6.24. The first kappa shape index (κ1) is 23.1. The van der Waals surface area contributed by atoms with Crippen LogP contribution in [0.3, 0.4) is 0 Å². The lowest BCUT2D eigenvalue weighted by molar-refractivity contribution is 0.0769. The van der Waals surface area contributed by atoms with E-state index in [-0.39, 0.29) is 5.91 Å². The van der Waals surface area contributed by atoms with Gasteiger partial charge >= 0.3 is 0 Å². The topological polar surface area (TPSA) is 54.3 Å². The Bertz CT molecular complexity index is 1330. The second-order valence-corrected chi connectivity index (χ2v) is 9.44. The van der Waals surface area contributed by atoms with Crippen LogP contribution in [0.1, 0.15) is 41.3 Å². The minimum atomic E-state index is 0.0983. The van der Waals surface area contributed by atoms with Gasteiger partial charge in [-0.15, -0.1) is 0 Å². The lowest BCUT2D eigenvalue weighted by Gasteiger charge is -2.23. The van der Waals surface area contributed by atoms with Crippen LogP contribution in [-0.4, -0.2) is 51.5 Å². The monoisotopic (exact) mass is 467 g/mol. The van der Waals surface area contributed by atoms with E-state index >= 15 is 0 Å². The predicted molar refractivity (Wildman–Crippen MR) is 142 cm³/mol. The van der Waals surface area contributed by atoms with Crippen LogP contribution in [0.15, 0.2) is 60.9 Å². The number of benzene rings is 2. The molecule has 1 fully saturated rings. The van der Waals surface area contributed by atoms with E-state index in [1.165, 1.54) is 5.56 Å². The highest BCUT2D eigenvalue weighted by Crippen LogP contribution is 2.34. The number of nitrogens with zero attached hydrogens (tertiary/aromatic N) is 5. The highest BCUT2D eigenvalue weighted by molar-refractivity contribution is 6.13. The number of amides is 1. The minimum Gasteiger partial charge on any atom is -0.343 e. The fourth-order valence-corrected chi connectivity index (χ4v) is 5.12. The minimum absolute atomic E-state index is 0.0983. The molecular weight excluding hydrogens is 434 g/mol. The number of carbonyl (C=O) groups is 1. The Morgan fingerprint density at radius 3 is 2.49 bits per heavy atom. The molecule has 1 saturated heterocycles. The molecule has 3 heterocycles. The van der Waals surface area contributed by atoms with E-state index in [2.05, 4.69) is 70.7 Å². The third kappa shape index (κ3) is 4.53. The number of carbonyl (C=O) groups excluding carboxylic acids is 1. The highest BCUT2D eigenvalue weighted by atomic mass is 16.2. The van der Waals surface area contributed by atoms with Gasteiger partial charge in [-0.1, -0.05) is 55.3 Å². The van der Waals surface area contributed by atoms with Gasteiger partial charge in [0.25, 0.3) is 5.91 Å². The largest absolute Gasteiger partial charge is 0.343 e. The van der Waals surface area contributed by atoms with Crippen molar-refractivity contribution in [1.29, 1.82) is 0 Å². The number of aryl methyl sites for hydroxylation is 3. The maximum Gasteiger partial charge on any atom is 0.256 e. The summed E-state index contributed by atoms with van der Waals surface area (Å²) in [7, 11) is 2.06. The van der Waals surface area contributed by atoms with Gasteiger partial charge in [0.05, 0.1) is 11.3 Å². The Labute approximate surface area is 207 Å². The molecule has 0 N–H and O–H groups in total. The van der Waals surface area contributed by atoms with Crippen molar-refractivity contribution >= 4 is 22.8 Å². The second-order valence-electron chi connectivity index (χ2n) is 9.44. The lowest BCUT2D eigenvalue weighted by atomic mass is 10.0. The number of aromatic nitrogens is 3. The second kappa shape index (κ2) is 9.90. The zero-order valence-electron chi connectivity index (χ0n) is 20.9. The van der Waals surface area contributed by atoms with Crippen molar-refractivity contribution in [3.63, 3.8) is 0 Å². The standard InChI is InChI=1S/C29H33N5O/c1-4-9-22-19-30-29(31-20-22)34-15-8-14-33(16-17-34)28(35)26-24-18-21(2)12-13-25(24)32(3)27(26)23-10-6-5-7-11-23/h5-7,10-13,18-20H,4,8-9,14-17H2,1-3H3. The molecule has 0 radical (unpaired) electrons. The normalized spacial score (nSPS) is 14.4. The van der Waals surface area contributed by atoms with Crippen molar-refractivity contribution in [3.8, 4) is 11.3 Å². The molecule has 2 aromatic carbocycles. The molecule has 1 amide bonds. The number of hydrogen-bond acceptors (Lipinski definition) is 4. The molecule has 0 atom stereocenters. The molecule has 0 saturated carbocycles. The van der Waals surface area contributed by atoms with Crippen LogP contribution in [0.25, 0.3) is 22.2 Å². The summed E-state index contributed by atoms with van der Waals surface area (Å²) >= 11 is 0. The van der Waals surface area contributed by atoms with Crippen LogP contribution in [0, 0.1) is 6.92 Å². The fraction of sp³-hybridized carbons (Fsp3) is 0.345. The Morgan fingerprint density at radius 2 is 1.74 bits per heavy atom. The van der Waals surface area contributed by atoms with E-state index in [1.54, 1.807) is 0 Å². The quantitative estimate of drug-likeness (QED) is 0.402. The van der Waals surface area contributed by atoms with Crippen LogP contribution in [0.5, 0.6) is 0 Å². The molecule has 4 aromatic rings. The smallest absolute Gasteiger partial charge is 0.256 e. The van der Waals surface area contributed by atoms with E-state index < -0.39 is 0 Å². The molecule has 35 heavy (non-hydrogen) atoms. The molecular formula is C29H33N5O. The van der Waals surface area contributed by atoms with Crippen LogP contribution >= 0.6 is 0 Å². The van der Waals surface area contributed by atoms with Gasteiger partial charge in [0.15, 0.2) is 0 Å². The summed E-state index contributed by atoms with van der Waals surface area (Å²) in [4.78, 5) is 27.5. The zero-order valence-corrected chi connectivity index (χ0v) is 20.9. The van der Waals surface area contributed by atoms with Gasteiger partial charge in [-0.2, -0.15) is 0 Å². The average molecular weight is 468 g/mol. The first-order valence-electron chi connectivity index (χ1n) is 12.6. The molecule has 0 spiro atoms. The molecule has 6 nitrogen and oxygen atoms in total. The van der Waals surface area contributed by atoms with Crippen molar-refractivity contribution in [3.05, 3.63) is 77.6 Å². The van der Waals surface area contributed by atoms with E-state index in [4.69, 9.17) is 0 Å². The van der Waals surface area contributed by atoms with Crippen LogP contribution in [-0.2, 0) is 13.5 Å². The third-order valence-corrected chi connectivity index (χ3v) is 6.91. The zero-order chi connectivity index (χ0) is 24.4. The van der Waals surface area contributed by atoms with Crippen molar-refractivity contribution in [1.82, 2.24) is 19.4 Å². The predicted octanol–water partition coefficient (Wildman–Crippen LogP) is 5.25. The number of anilines is 1. The van der Waals surface area contributed by atoms with Gasteiger partial charge in [0.1, 0.15) is 0 Å². The summed E-state index contributed by atoms with van der Waals surface area (Å²) in [6, 6.07) is 16.6. The van der Waals surface area contributed by atoms with Crippen molar-refractivity contribution in [2.24, 2.45) is 7.05 Å². The maximum atomic E-state index is 14.1. The van der Waals surface area contributed by atoms with E-state index in [9.17, 15) is 4.79 Å². The average Bonchev–Trinajstić information content (AvgIpc) is 3.01. The molecule has 6 heteroatoms. The third-order valence-electron chi connectivity index (χ3n) is 6.91. The van der Waals surface area contributed by atoms with Gasteiger partial charge in [0.2, 0.25) is 5.95 Å². The van der Waals surface area contributed by atoms with Gasteiger partial charge < -0.3 is 14.4 Å². The Morgan fingerprint density at radius 1 is 0.971 bits per heavy atom. The van der Waals surface area contributed by atoms with Crippen LogP contribution in [0.2, 0.25) is 0 Å². The van der Waals surface area contributed by atoms with Gasteiger partial charge in [-0.25, -0.2) is 9.97 Å². The SMILES string of the molecule is CCCc1cnc(N2CCCN(C(=O)c3c(-c4ccccc4)n(C)c4ccc(C)cc34)CC2)nc1. The Balaban J connectivity index is 1.46. The molecule has 0 aliphatic carbocycles. The molecule has 180 valence electrons. The van der Waals surface area contributed by atoms with E-state index in [1.807, 2.05) is 35.5 Å². The van der Waals surface area contributed by atoms with Crippen LogP contribution in [0.4, 0.5) is 5.95 Å². The van der Waals surface area contributed by atoms with Crippen molar-refractivity contribution in [2.75, 3.05) is 31.1 Å². The summed E-state index contributed by atoms with van der Waals surface area (Å²) in [6.45, 7) is 7.18. The molecule has 2 aromatic heterocycles. The van der Waals surface area contributed by atoms with E-state index in [0.29, 0.717) is 6.54 Å². The first-order chi connectivity index (χ1) is 17.1. The molecule has 1 aliphatic rings. The number of rotatable bonds is 5. The Kier molecular flexibility index (Phi) is 6.53. The number of hydrogen-bond donors (Lipinski definition) is 0. The van der Waals surface area contributed by atoms with Crippen molar-refractivity contribution in [2.45, 2.75) is 33.1 Å². The first-order valence-corrected chi connectivity index (χ1v) is 12.6. The fourth-order valence-electron chi connectivity index (χ4n) is 5.12. The van der Waals surface area contributed by atoms with Crippen molar-refractivity contribution < 1.29 is 4.79 Å².